The Bertz CT molecular complexity index is 449. The van der Waals surface area contributed by atoms with Crippen LogP contribution in [-0.2, 0) is 6.54 Å². The Morgan fingerprint density at radius 2 is 2.47 bits per heavy atom. The molecule has 2 unspecified atom stereocenters. The average molecular weight is 284 g/mol. The quantitative estimate of drug-likeness (QED) is 0.769. The number of carboxylic acid groups (broad SMARTS) is 1. The Hall–Kier alpha value is -0.980. The molecule has 1 heterocycles. The van der Waals surface area contributed by atoms with Crippen LogP contribution in [0.1, 0.15) is 48.1 Å². The third kappa shape index (κ3) is 3.52. The van der Waals surface area contributed by atoms with Crippen molar-refractivity contribution < 1.29 is 15.0 Å². The first-order valence-electron chi connectivity index (χ1n) is 6.58. The number of aliphatic hydroxyl groups excluding tert-OH is 1. The first-order valence-corrected chi connectivity index (χ1v) is 7.46. The first kappa shape index (κ1) is 14.4. The van der Waals surface area contributed by atoms with Crippen LogP contribution in [0.15, 0.2) is 5.38 Å². The van der Waals surface area contributed by atoms with Gasteiger partial charge in [-0.1, -0.05) is 19.8 Å². The summed E-state index contributed by atoms with van der Waals surface area (Å²) in [5.74, 6) is -0.377. The minimum Gasteiger partial charge on any atom is -0.476 e. The largest absolute Gasteiger partial charge is 0.476 e. The zero-order valence-electron chi connectivity index (χ0n) is 11.1. The van der Waals surface area contributed by atoms with Crippen molar-refractivity contribution in [2.45, 2.75) is 44.7 Å². The molecule has 106 valence electrons. The summed E-state index contributed by atoms with van der Waals surface area (Å²) in [6, 6.07) is 0. The fraction of sp³-hybridized carbons (Fsp3) is 0.692. The van der Waals surface area contributed by atoms with E-state index in [0.29, 0.717) is 12.5 Å². The molecule has 0 saturated heterocycles. The predicted molar refractivity (Wildman–Crippen MR) is 73.4 cm³/mol. The van der Waals surface area contributed by atoms with Crippen LogP contribution in [0.25, 0.3) is 0 Å². The fourth-order valence-electron chi connectivity index (χ4n) is 2.78. The van der Waals surface area contributed by atoms with E-state index in [1.807, 2.05) is 0 Å². The molecule has 3 N–H and O–H groups in total. The molecule has 0 aromatic carbocycles. The Kier molecular flexibility index (Phi) is 4.54. The molecule has 1 aliphatic carbocycles. The number of aromatic nitrogens is 1. The lowest BCUT2D eigenvalue weighted by Gasteiger charge is -2.39. The van der Waals surface area contributed by atoms with Crippen molar-refractivity contribution in [2.75, 3.05) is 6.61 Å². The molecule has 2 atom stereocenters. The maximum absolute atomic E-state index is 10.8. The maximum Gasteiger partial charge on any atom is 0.365 e. The topological polar surface area (TPSA) is 82.5 Å². The summed E-state index contributed by atoms with van der Waals surface area (Å²) in [6.45, 7) is 2.83. The van der Waals surface area contributed by atoms with E-state index in [4.69, 9.17) is 5.11 Å². The summed E-state index contributed by atoms with van der Waals surface area (Å²) in [6.07, 6.45) is 4.25. The summed E-state index contributed by atoms with van der Waals surface area (Å²) < 4.78 is 0. The van der Waals surface area contributed by atoms with Gasteiger partial charge in [0.2, 0.25) is 5.01 Å². The summed E-state index contributed by atoms with van der Waals surface area (Å²) in [4.78, 5) is 14.8. The number of aliphatic hydroxyl groups is 1. The van der Waals surface area contributed by atoms with E-state index in [1.165, 1.54) is 6.42 Å². The van der Waals surface area contributed by atoms with Crippen LogP contribution in [0.3, 0.4) is 0 Å². The Labute approximate surface area is 116 Å². The minimum absolute atomic E-state index is 0.117. The number of nitrogens with zero attached hydrogens (tertiary/aromatic N) is 1. The molecule has 1 aliphatic rings. The number of carbonyl (C=O) groups is 1. The average Bonchev–Trinajstić information content (AvgIpc) is 2.85. The highest BCUT2D eigenvalue weighted by molar-refractivity contribution is 7.11. The lowest BCUT2D eigenvalue weighted by atomic mass is 9.77. The molecule has 0 spiro atoms. The van der Waals surface area contributed by atoms with Crippen LogP contribution >= 0.6 is 11.3 Å². The van der Waals surface area contributed by atoms with E-state index >= 15 is 0 Å². The van der Waals surface area contributed by atoms with Gasteiger partial charge >= 0.3 is 5.97 Å². The number of carboxylic acids is 1. The molecular formula is C13H20N2O3S. The zero-order chi connectivity index (χ0) is 13.9. The van der Waals surface area contributed by atoms with Gasteiger partial charge in [-0.15, -0.1) is 11.3 Å². The number of thiazole rings is 1. The van der Waals surface area contributed by atoms with Gasteiger partial charge in [-0.3, -0.25) is 0 Å². The van der Waals surface area contributed by atoms with Gasteiger partial charge < -0.3 is 15.5 Å². The molecule has 0 amide bonds. The van der Waals surface area contributed by atoms with E-state index in [0.717, 1.165) is 36.3 Å². The van der Waals surface area contributed by atoms with E-state index in [2.05, 4.69) is 17.2 Å². The van der Waals surface area contributed by atoms with Crippen molar-refractivity contribution >= 4 is 17.3 Å². The second-order valence-corrected chi connectivity index (χ2v) is 6.30. The molecule has 1 fully saturated rings. The summed E-state index contributed by atoms with van der Waals surface area (Å²) in [5, 5.41) is 23.8. The molecule has 1 aromatic heterocycles. The maximum atomic E-state index is 10.8. The number of hydrogen-bond donors (Lipinski definition) is 3. The minimum atomic E-state index is -0.987. The van der Waals surface area contributed by atoms with Gasteiger partial charge in [0.05, 0.1) is 12.3 Å². The van der Waals surface area contributed by atoms with Gasteiger partial charge in [0.15, 0.2) is 0 Å². The Morgan fingerprint density at radius 3 is 3.05 bits per heavy atom. The smallest absolute Gasteiger partial charge is 0.365 e. The molecule has 0 radical (unpaired) electrons. The molecular weight excluding hydrogens is 264 g/mol. The Balaban J connectivity index is 1.97. The summed E-state index contributed by atoms with van der Waals surface area (Å²) in [5.41, 5.74) is 0.499. The van der Waals surface area contributed by atoms with Crippen molar-refractivity contribution in [3.63, 3.8) is 0 Å². The number of hydrogen-bond acceptors (Lipinski definition) is 5. The van der Waals surface area contributed by atoms with Crippen molar-refractivity contribution in [2.24, 2.45) is 5.92 Å². The Morgan fingerprint density at radius 1 is 1.68 bits per heavy atom. The SMILES string of the molecule is CC1CCCC(CO)(NCc2csc(C(=O)O)n2)C1. The van der Waals surface area contributed by atoms with Crippen LogP contribution in [0.4, 0.5) is 0 Å². The molecule has 1 saturated carbocycles. The molecule has 0 aliphatic heterocycles. The number of aromatic carboxylic acids is 1. The highest BCUT2D eigenvalue weighted by Crippen LogP contribution is 2.32. The van der Waals surface area contributed by atoms with Gasteiger partial charge in [0, 0.05) is 17.5 Å². The van der Waals surface area contributed by atoms with Crippen LogP contribution in [-0.4, -0.2) is 33.3 Å². The highest BCUT2D eigenvalue weighted by atomic mass is 32.1. The van der Waals surface area contributed by atoms with Crippen LogP contribution in [0.5, 0.6) is 0 Å². The van der Waals surface area contributed by atoms with E-state index < -0.39 is 5.97 Å². The normalized spacial score (nSPS) is 27.4. The molecule has 6 heteroatoms. The zero-order valence-corrected chi connectivity index (χ0v) is 11.9. The van der Waals surface area contributed by atoms with Gasteiger partial charge in [0.1, 0.15) is 0 Å². The van der Waals surface area contributed by atoms with Crippen molar-refractivity contribution in [1.29, 1.82) is 0 Å². The van der Waals surface area contributed by atoms with Crippen molar-refractivity contribution in [1.82, 2.24) is 10.3 Å². The lowest BCUT2D eigenvalue weighted by molar-refractivity contribution is 0.0696. The van der Waals surface area contributed by atoms with Crippen molar-refractivity contribution in [3.05, 3.63) is 16.1 Å². The molecule has 0 bridgehead atoms. The molecule has 5 nitrogen and oxygen atoms in total. The van der Waals surface area contributed by atoms with Gasteiger partial charge in [-0.05, 0) is 18.8 Å². The van der Waals surface area contributed by atoms with E-state index in [-0.39, 0.29) is 17.2 Å². The third-order valence-electron chi connectivity index (χ3n) is 3.77. The third-order valence-corrected chi connectivity index (χ3v) is 4.65. The number of rotatable bonds is 5. The van der Waals surface area contributed by atoms with E-state index in [9.17, 15) is 9.90 Å². The van der Waals surface area contributed by atoms with Gasteiger partial charge in [-0.25, -0.2) is 9.78 Å². The summed E-state index contributed by atoms with van der Waals surface area (Å²) in [7, 11) is 0. The highest BCUT2D eigenvalue weighted by Gasteiger charge is 2.33. The second-order valence-electron chi connectivity index (χ2n) is 5.44. The number of nitrogens with one attached hydrogen (secondary N) is 1. The van der Waals surface area contributed by atoms with Gasteiger partial charge in [-0.2, -0.15) is 0 Å². The van der Waals surface area contributed by atoms with E-state index in [1.54, 1.807) is 5.38 Å². The van der Waals surface area contributed by atoms with Crippen LogP contribution in [0, 0.1) is 5.92 Å². The van der Waals surface area contributed by atoms with Crippen LogP contribution in [0.2, 0.25) is 0 Å². The molecule has 2 rings (SSSR count). The standard InChI is InChI=1S/C13H20N2O3S/c1-9-3-2-4-13(5-9,8-16)14-6-10-7-19-11(15-10)12(17)18/h7,9,14,16H,2-6,8H2,1H3,(H,17,18). The predicted octanol–water partition coefficient (Wildman–Crippen LogP) is 1.87. The molecule has 1 aromatic rings. The lowest BCUT2D eigenvalue weighted by Crippen LogP contribution is -2.51. The first-order chi connectivity index (χ1) is 9.04. The van der Waals surface area contributed by atoms with Crippen molar-refractivity contribution in [3.8, 4) is 0 Å². The molecule has 19 heavy (non-hydrogen) atoms. The fourth-order valence-corrected chi connectivity index (χ4v) is 3.44. The van der Waals surface area contributed by atoms with Gasteiger partial charge in [0.25, 0.3) is 0 Å². The monoisotopic (exact) mass is 284 g/mol. The van der Waals surface area contributed by atoms with Crippen LogP contribution < -0.4 is 5.32 Å². The summed E-state index contributed by atoms with van der Waals surface area (Å²) >= 11 is 1.14. The second kappa shape index (κ2) is 5.98.